The normalized spacial score (nSPS) is 18.9. The van der Waals surface area contributed by atoms with E-state index in [4.69, 9.17) is 32.7 Å². The first-order valence-corrected chi connectivity index (χ1v) is 6.10. The van der Waals surface area contributed by atoms with Crippen molar-refractivity contribution in [3.63, 3.8) is 0 Å². The quantitative estimate of drug-likeness (QED) is 0.795. The van der Waals surface area contributed by atoms with Crippen LogP contribution in [-0.2, 0) is 0 Å². The Hall–Kier alpha value is -0.600. The van der Waals surface area contributed by atoms with Gasteiger partial charge >= 0.3 is 0 Å². The van der Waals surface area contributed by atoms with Gasteiger partial charge in [-0.3, -0.25) is 0 Å². The first-order valence-electron chi connectivity index (χ1n) is 5.34. The third-order valence-electron chi connectivity index (χ3n) is 2.44. The van der Waals surface area contributed by atoms with Gasteiger partial charge in [-0.05, 0) is 12.3 Å². The molecule has 0 N–H and O–H groups in total. The smallest absolute Gasteiger partial charge is 0.163 e. The highest BCUT2D eigenvalue weighted by atomic mass is 35.5. The van der Waals surface area contributed by atoms with Crippen LogP contribution in [0.5, 0.6) is 11.5 Å². The van der Waals surface area contributed by atoms with E-state index in [9.17, 15) is 0 Å². The van der Waals surface area contributed by atoms with E-state index in [2.05, 4.69) is 13.8 Å². The van der Waals surface area contributed by atoms with E-state index in [0.29, 0.717) is 34.1 Å². The molecule has 1 aliphatic rings. The molecule has 1 unspecified atom stereocenters. The van der Waals surface area contributed by atoms with E-state index >= 15 is 0 Å². The Morgan fingerprint density at radius 1 is 1.25 bits per heavy atom. The van der Waals surface area contributed by atoms with Crippen LogP contribution in [0, 0.1) is 5.92 Å². The number of ether oxygens (including phenoxy) is 2. The first kappa shape index (κ1) is 11.9. The third kappa shape index (κ3) is 2.55. The number of hydrogen-bond donors (Lipinski definition) is 0. The molecule has 0 fully saturated rings. The third-order valence-corrected chi connectivity index (χ3v) is 3.16. The van der Waals surface area contributed by atoms with Crippen LogP contribution in [0.3, 0.4) is 0 Å². The van der Waals surface area contributed by atoms with Crippen molar-refractivity contribution in [2.24, 2.45) is 5.92 Å². The molecule has 16 heavy (non-hydrogen) atoms. The summed E-state index contributed by atoms with van der Waals surface area (Å²) < 4.78 is 11.4. The lowest BCUT2D eigenvalue weighted by Gasteiger charge is -2.27. The first-order chi connectivity index (χ1) is 7.56. The minimum atomic E-state index is 0.102. The Morgan fingerprint density at radius 3 is 2.50 bits per heavy atom. The number of halogens is 2. The fourth-order valence-electron chi connectivity index (χ4n) is 1.75. The predicted octanol–water partition coefficient (Wildman–Crippen LogP) is 4.18. The van der Waals surface area contributed by atoms with E-state index in [0.717, 1.165) is 6.42 Å². The molecule has 1 aliphatic heterocycles. The summed E-state index contributed by atoms with van der Waals surface area (Å²) in [6.07, 6.45) is 1.07. The molecule has 0 saturated carbocycles. The molecule has 1 aromatic rings. The summed E-state index contributed by atoms with van der Waals surface area (Å²) in [4.78, 5) is 0. The highest BCUT2D eigenvalue weighted by molar-refractivity contribution is 6.42. The van der Waals surface area contributed by atoms with Crippen LogP contribution >= 0.6 is 23.2 Å². The van der Waals surface area contributed by atoms with E-state index in [1.54, 1.807) is 12.1 Å². The Balaban J connectivity index is 2.17. The summed E-state index contributed by atoms with van der Waals surface area (Å²) in [6.45, 7) is 4.89. The molecule has 2 nitrogen and oxygen atoms in total. The zero-order chi connectivity index (χ0) is 11.7. The second-order valence-corrected chi connectivity index (χ2v) is 5.21. The zero-order valence-electron chi connectivity index (χ0n) is 9.30. The number of hydrogen-bond acceptors (Lipinski definition) is 2. The minimum Gasteiger partial charge on any atom is -0.486 e. The Morgan fingerprint density at radius 2 is 1.88 bits per heavy atom. The van der Waals surface area contributed by atoms with E-state index < -0.39 is 0 Å². The van der Waals surface area contributed by atoms with Crippen LogP contribution < -0.4 is 9.47 Å². The van der Waals surface area contributed by atoms with Gasteiger partial charge in [0.15, 0.2) is 11.5 Å². The maximum Gasteiger partial charge on any atom is 0.163 e. The van der Waals surface area contributed by atoms with Crippen LogP contribution in [0.15, 0.2) is 12.1 Å². The monoisotopic (exact) mass is 260 g/mol. The Bertz CT molecular complexity index is 391. The standard InChI is InChI=1S/C12H14Cl2O2/c1-7(2)3-8-6-15-11-4-9(13)10(14)5-12(11)16-8/h4-5,7-8H,3,6H2,1-2H3. The van der Waals surface area contributed by atoms with E-state index in [1.165, 1.54) is 0 Å². The average Bonchev–Trinajstić information content (AvgIpc) is 2.19. The number of rotatable bonds is 2. The molecule has 1 atom stereocenters. The fraction of sp³-hybridized carbons (Fsp3) is 0.500. The van der Waals surface area contributed by atoms with Crippen LogP contribution in [0.4, 0.5) is 0 Å². The van der Waals surface area contributed by atoms with Crippen LogP contribution in [-0.4, -0.2) is 12.7 Å². The van der Waals surface area contributed by atoms with Gasteiger partial charge in [-0.2, -0.15) is 0 Å². The van der Waals surface area contributed by atoms with Gasteiger partial charge in [0.2, 0.25) is 0 Å². The van der Waals surface area contributed by atoms with Crippen LogP contribution in [0.25, 0.3) is 0 Å². The van der Waals surface area contributed by atoms with Crippen LogP contribution in [0.1, 0.15) is 20.3 Å². The topological polar surface area (TPSA) is 18.5 Å². The van der Waals surface area contributed by atoms with Crippen molar-refractivity contribution in [1.29, 1.82) is 0 Å². The predicted molar refractivity (Wildman–Crippen MR) is 65.8 cm³/mol. The molecule has 1 heterocycles. The van der Waals surface area contributed by atoms with Crippen molar-refractivity contribution in [2.75, 3.05) is 6.61 Å². The Kier molecular flexibility index (Phi) is 3.50. The van der Waals surface area contributed by atoms with Crippen molar-refractivity contribution < 1.29 is 9.47 Å². The molecule has 0 radical (unpaired) electrons. The second kappa shape index (κ2) is 4.72. The summed E-state index contributed by atoms with van der Waals surface area (Å²) in [5, 5.41) is 0.987. The molecule has 0 bridgehead atoms. The molecule has 0 aromatic heterocycles. The summed E-state index contributed by atoms with van der Waals surface area (Å²) in [6, 6.07) is 3.41. The van der Waals surface area contributed by atoms with Gasteiger partial charge in [-0.15, -0.1) is 0 Å². The minimum absolute atomic E-state index is 0.102. The highest BCUT2D eigenvalue weighted by Crippen LogP contribution is 2.39. The molecule has 4 heteroatoms. The second-order valence-electron chi connectivity index (χ2n) is 4.39. The van der Waals surface area contributed by atoms with Crippen molar-refractivity contribution in [2.45, 2.75) is 26.4 Å². The Labute approximate surface area is 105 Å². The van der Waals surface area contributed by atoms with Crippen molar-refractivity contribution >= 4 is 23.2 Å². The van der Waals surface area contributed by atoms with Gasteiger partial charge < -0.3 is 9.47 Å². The maximum atomic E-state index is 5.93. The molecule has 88 valence electrons. The lowest BCUT2D eigenvalue weighted by Crippen LogP contribution is -2.30. The SMILES string of the molecule is CC(C)CC1COc2cc(Cl)c(Cl)cc2O1. The summed E-state index contributed by atoms with van der Waals surface area (Å²) in [5.41, 5.74) is 0. The van der Waals surface area contributed by atoms with Crippen molar-refractivity contribution in [3.05, 3.63) is 22.2 Å². The van der Waals surface area contributed by atoms with Gasteiger partial charge in [0.25, 0.3) is 0 Å². The molecule has 0 saturated heterocycles. The fourth-order valence-corrected chi connectivity index (χ4v) is 2.06. The van der Waals surface area contributed by atoms with Gasteiger partial charge in [0.05, 0.1) is 10.0 Å². The molecule has 2 rings (SSSR count). The van der Waals surface area contributed by atoms with Crippen molar-refractivity contribution in [3.8, 4) is 11.5 Å². The molecule has 0 amide bonds. The molecule has 0 spiro atoms. The number of fused-ring (bicyclic) bond motifs is 1. The molecule has 0 aliphatic carbocycles. The summed E-state index contributed by atoms with van der Waals surface area (Å²) in [7, 11) is 0. The molecular formula is C12H14Cl2O2. The lowest BCUT2D eigenvalue weighted by atomic mass is 10.1. The zero-order valence-corrected chi connectivity index (χ0v) is 10.8. The average molecular weight is 261 g/mol. The van der Waals surface area contributed by atoms with Crippen molar-refractivity contribution in [1.82, 2.24) is 0 Å². The van der Waals surface area contributed by atoms with Gasteiger partial charge in [0.1, 0.15) is 12.7 Å². The molecule has 1 aromatic carbocycles. The van der Waals surface area contributed by atoms with Gasteiger partial charge in [0, 0.05) is 12.1 Å². The maximum absolute atomic E-state index is 5.93. The number of benzene rings is 1. The molecular weight excluding hydrogens is 247 g/mol. The van der Waals surface area contributed by atoms with E-state index in [-0.39, 0.29) is 6.10 Å². The largest absolute Gasteiger partial charge is 0.486 e. The van der Waals surface area contributed by atoms with Gasteiger partial charge in [-0.25, -0.2) is 0 Å². The summed E-state index contributed by atoms with van der Waals surface area (Å²) in [5.74, 6) is 1.94. The lowest BCUT2D eigenvalue weighted by molar-refractivity contribution is 0.0759. The van der Waals surface area contributed by atoms with Gasteiger partial charge in [-0.1, -0.05) is 37.0 Å². The van der Waals surface area contributed by atoms with E-state index in [1.807, 2.05) is 0 Å². The highest BCUT2D eigenvalue weighted by Gasteiger charge is 2.22. The summed E-state index contributed by atoms with van der Waals surface area (Å²) >= 11 is 11.8. The van der Waals surface area contributed by atoms with Crippen LogP contribution in [0.2, 0.25) is 10.0 Å².